The quantitative estimate of drug-likeness (QED) is 0.0914. The molecule has 0 fully saturated rings. The molecule has 0 amide bonds. The monoisotopic (exact) mass is 625 g/mol. The van der Waals surface area contributed by atoms with Crippen molar-refractivity contribution in [1.82, 2.24) is 0 Å². The molecular formula is C44H39N3O. The number of amidine groups is 1. The lowest BCUT2D eigenvalue weighted by molar-refractivity contribution is 0.601. The van der Waals surface area contributed by atoms with Crippen molar-refractivity contribution < 1.29 is 4.42 Å². The molecule has 0 saturated heterocycles. The number of fused-ring (bicyclic) bond motifs is 4. The number of nitrogens with two attached hydrogens (primary N) is 1. The Hall–Kier alpha value is -5.48. The van der Waals surface area contributed by atoms with Crippen LogP contribution >= 0.6 is 0 Å². The second-order valence-electron chi connectivity index (χ2n) is 13.4. The minimum Gasteiger partial charge on any atom is -0.456 e. The van der Waals surface area contributed by atoms with E-state index in [1.54, 1.807) is 0 Å². The summed E-state index contributed by atoms with van der Waals surface area (Å²) in [4.78, 5) is 5.32. The molecule has 2 N–H and O–H groups in total. The number of hydrogen-bond donors (Lipinski definition) is 1. The van der Waals surface area contributed by atoms with Gasteiger partial charge >= 0.3 is 0 Å². The molecule has 1 aromatic heterocycles. The van der Waals surface area contributed by atoms with Crippen LogP contribution in [0.25, 0.3) is 27.5 Å². The second kappa shape index (κ2) is 12.3. The summed E-state index contributed by atoms with van der Waals surface area (Å²) in [5.41, 5.74) is 11.6. The maximum atomic E-state index is 6.53. The van der Waals surface area contributed by atoms with Crippen LogP contribution in [0.2, 0.25) is 0 Å². The summed E-state index contributed by atoms with van der Waals surface area (Å²) >= 11 is 0. The van der Waals surface area contributed by atoms with E-state index < -0.39 is 0 Å². The minimum absolute atomic E-state index is 0.228. The molecule has 4 heteroatoms. The fourth-order valence-corrected chi connectivity index (χ4v) is 7.46. The number of hydrazone groups is 1. The van der Waals surface area contributed by atoms with Crippen molar-refractivity contribution >= 4 is 39.1 Å². The zero-order valence-corrected chi connectivity index (χ0v) is 27.5. The molecule has 8 rings (SSSR count). The van der Waals surface area contributed by atoms with Gasteiger partial charge in [-0.3, -0.25) is 0 Å². The van der Waals surface area contributed by atoms with Crippen molar-refractivity contribution in [2.75, 3.05) is 0 Å². The van der Waals surface area contributed by atoms with Crippen LogP contribution in [0, 0.1) is 5.92 Å². The lowest BCUT2D eigenvalue weighted by Crippen LogP contribution is -2.21. The van der Waals surface area contributed by atoms with Crippen LogP contribution in [0.3, 0.4) is 0 Å². The van der Waals surface area contributed by atoms with Gasteiger partial charge in [-0.2, -0.15) is 5.10 Å². The van der Waals surface area contributed by atoms with Gasteiger partial charge in [0, 0.05) is 32.9 Å². The zero-order valence-electron chi connectivity index (χ0n) is 27.5. The first-order valence-electron chi connectivity index (χ1n) is 17.0. The number of benzene rings is 4. The molecule has 236 valence electrons. The smallest absolute Gasteiger partial charge is 0.180 e. The summed E-state index contributed by atoms with van der Waals surface area (Å²) in [5.74, 6) is 7.33. The highest BCUT2D eigenvalue weighted by atomic mass is 16.3. The summed E-state index contributed by atoms with van der Waals surface area (Å²) in [6.07, 6.45) is 20.2. The number of aliphatic imine (C=N–C) groups is 1. The standard InChI is InChI=1S/C44H39N3O/c1-29-21-23-30(24-22-29)31-25-27-44(2,28-26-31)37-18-10-20-39-41(37)40-36(17-9-19-38(40)48-39)43(47-45)46-42(33-12-4-3-5-13-33)35-16-8-14-32-11-6-7-15-34(32)35/h3-7,9-13,15-21,23-27,29H,8,14,22,28,45H2,1-2H3/b46-42?,47-43-. The van der Waals surface area contributed by atoms with Crippen LogP contribution < -0.4 is 5.84 Å². The van der Waals surface area contributed by atoms with Gasteiger partial charge in [0.2, 0.25) is 0 Å². The van der Waals surface area contributed by atoms with Crippen molar-refractivity contribution in [1.29, 1.82) is 0 Å². The van der Waals surface area contributed by atoms with Crippen LogP contribution in [0.4, 0.5) is 0 Å². The topological polar surface area (TPSA) is 63.9 Å². The first-order chi connectivity index (χ1) is 23.5. The summed E-state index contributed by atoms with van der Waals surface area (Å²) in [7, 11) is 0. The van der Waals surface area contributed by atoms with E-state index in [0.717, 1.165) is 70.0 Å². The molecular weight excluding hydrogens is 587 g/mol. The maximum Gasteiger partial charge on any atom is 0.180 e. The Morgan fingerprint density at radius 3 is 2.35 bits per heavy atom. The Kier molecular flexibility index (Phi) is 7.64. The third-order valence-electron chi connectivity index (χ3n) is 10.1. The van der Waals surface area contributed by atoms with Gasteiger partial charge in [0.1, 0.15) is 11.2 Å². The highest BCUT2D eigenvalue weighted by molar-refractivity contribution is 6.36. The molecule has 5 aromatic rings. The largest absolute Gasteiger partial charge is 0.456 e. The molecule has 3 aliphatic rings. The molecule has 48 heavy (non-hydrogen) atoms. The Bertz CT molecular complexity index is 2270. The van der Waals surface area contributed by atoms with E-state index in [0.29, 0.717) is 11.8 Å². The van der Waals surface area contributed by atoms with Gasteiger partial charge in [-0.15, -0.1) is 0 Å². The average molecular weight is 626 g/mol. The molecule has 1 heterocycles. The summed E-state index contributed by atoms with van der Waals surface area (Å²) in [5, 5.41) is 6.43. The van der Waals surface area contributed by atoms with E-state index in [-0.39, 0.29) is 5.41 Å². The van der Waals surface area contributed by atoms with Gasteiger partial charge in [0.25, 0.3) is 0 Å². The van der Waals surface area contributed by atoms with Crippen molar-refractivity contribution in [2.45, 2.75) is 44.9 Å². The number of rotatable bonds is 5. The normalized spacial score (nSPS) is 21.2. The van der Waals surface area contributed by atoms with Gasteiger partial charge in [0.15, 0.2) is 5.84 Å². The van der Waals surface area contributed by atoms with Crippen LogP contribution in [-0.2, 0) is 11.8 Å². The van der Waals surface area contributed by atoms with Crippen LogP contribution in [-0.4, -0.2) is 11.5 Å². The molecule has 2 atom stereocenters. The summed E-state index contributed by atoms with van der Waals surface area (Å²) in [6, 6.07) is 31.4. The summed E-state index contributed by atoms with van der Waals surface area (Å²) < 4.78 is 6.53. The van der Waals surface area contributed by atoms with E-state index >= 15 is 0 Å². The van der Waals surface area contributed by atoms with Crippen molar-refractivity contribution in [3.05, 3.63) is 172 Å². The first kappa shape index (κ1) is 29.9. The van der Waals surface area contributed by atoms with Crippen LogP contribution in [0.5, 0.6) is 0 Å². The molecule has 0 bridgehead atoms. The Morgan fingerprint density at radius 1 is 0.812 bits per heavy atom. The van der Waals surface area contributed by atoms with Gasteiger partial charge < -0.3 is 10.3 Å². The predicted octanol–water partition coefficient (Wildman–Crippen LogP) is 10.4. The van der Waals surface area contributed by atoms with E-state index in [1.807, 2.05) is 18.2 Å². The third kappa shape index (κ3) is 5.28. The molecule has 0 aliphatic heterocycles. The van der Waals surface area contributed by atoms with Crippen molar-refractivity contribution in [3.8, 4) is 0 Å². The molecule has 4 nitrogen and oxygen atoms in total. The van der Waals surface area contributed by atoms with Crippen LogP contribution in [0.15, 0.2) is 159 Å². The third-order valence-corrected chi connectivity index (χ3v) is 10.1. The molecule has 0 saturated carbocycles. The molecule has 0 spiro atoms. The van der Waals surface area contributed by atoms with Gasteiger partial charge in [-0.25, -0.2) is 4.99 Å². The highest BCUT2D eigenvalue weighted by Crippen LogP contribution is 2.43. The molecule has 3 aliphatic carbocycles. The maximum absolute atomic E-state index is 6.53. The number of furan rings is 1. The predicted molar refractivity (Wildman–Crippen MR) is 200 cm³/mol. The van der Waals surface area contributed by atoms with E-state index in [4.69, 9.17) is 15.3 Å². The SMILES string of the molecule is CC1C=CC(C2=CCC(C)(c3cccc4oc5cccc(/C(N=C(C6=CCCc7ccccc76)c6ccccc6)=N/N)c5c34)C=C2)=CC1. The van der Waals surface area contributed by atoms with Gasteiger partial charge in [-0.05, 0) is 71.6 Å². The van der Waals surface area contributed by atoms with Gasteiger partial charge in [0.05, 0.1) is 5.71 Å². The Balaban J connectivity index is 1.27. The van der Waals surface area contributed by atoms with E-state index in [2.05, 4.69) is 134 Å². The summed E-state index contributed by atoms with van der Waals surface area (Å²) in [6.45, 7) is 4.58. The number of aryl methyl sites for hydroxylation is 1. The lowest BCUT2D eigenvalue weighted by atomic mass is 9.73. The average Bonchev–Trinajstić information content (AvgIpc) is 3.52. The van der Waals surface area contributed by atoms with Crippen LogP contribution in [0.1, 0.15) is 60.9 Å². The number of nitrogens with zero attached hydrogens (tertiary/aromatic N) is 2. The van der Waals surface area contributed by atoms with Crippen molar-refractivity contribution in [2.24, 2.45) is 21.9 Å². The zero-order chi connectivity index (χ0) is 32.7. The molecule has 2 unspecified atom stereocenters. The lowest BCUT2D eigenvalue weighted by Gasteiger charge is -2.30. The fourth-order valence-electron chi connectivity index (χ4n) is 7.46. The second-order valence-corrected chi connectivity index (χ2v) is 13.4. The Labute approximate surface area is 282 Å². The number of hydrogen-bond acceptors (Lipinski definition) is 3. The van der Waals surface area contributed by atoms with E-state index in [9.17, 15) is 0 Å². The fraction of sp³-hybridized carbons (Fsp3) is 0.182. The van der Waals surface area contributed by atoms with E-state index in [1.165, 1.54) is 27.8 Å². The number of allylic oxidation sites excluding steroid dienone is 10. The first-order valence-corrected chi connectivity index (χ1v) is 17.0. The van der Waals surface area contributed by atoms with Crippen molar-refractivity contribution in [3.63, 3.8) is 0 Å². The Morgan fingerprint density at radius 2 is 1.58 bits per heavy atom. The highest BCUT2D eigenvalue weighted by Gasteiger charge is 2.30. The minimum atomic E-state index is -0.228. The van der Waals surface area contributed by atoms with Gasteiger partial charge in [-0.1, -0.05) is 135 Å². The molecule has 0 radical (unpaired) electrons. The molecule has 4 aromatic carbocycles.